The molecule has 0 saturated heterocycles. The van der Waals surface area contributed by atoms with Gasteiger partial charge in [-0.1, -0.05) is 24.5 Å². The summed E-state index contributed by atoms with van der Waals surface area (Å²) in [5.41, 5.74) is 4.20. The van der Waals surface area contributed by atoms with Crippen LogP contribution < -0.4 is 9.47 Å². The number of aliphatic hydroxyl groups is 1. The first-order valence-electron chi connectivity index (χ1n) is 12.5. The molecule has 5 atom stereocenters. The summed E-state index contributed by atoms with van der Waals surface area (Å²) in [6, 6.07) is 6.37. The molecule has 5 aliphatic rings. The van der Waals surface area contributed by atoms with Crippen molar-refractivity contribution in [3.8, 4) is 23.3 Å². The van der Waals surface area contributed by atoms with Crippen LogP contribution in [0.5, 0.6) is 11.5 Å². The lowest BCUT2D eigenvalue weighted by Crippen LogP contribution is -2.51. The van der Waals surface area contributed by atoms with Crippen LogP contribution in [0.15, 0.2) is 41.0 Å². The minimum Gasteiger partial charge on any atom is -0.486 e. The number of carbonyl (C=O) groups excluding carboxylic acids is 1. The molecule has 0 aromatic heterocycles. The average Bonchev–Trinajstić information content (AvgIpc) is 3.08. The number of hydrogen-bond donors (Lipinski definition) is 1. The summed E-state index contributed by atoms with van der Waals surface area (Å²) < 4.78 is 11.7. The van der Waals surface area contributed by atoms with Crippen LogP contribution in [-0.4, -0.2) is 29.7 Å². The normalized spacial score (nSPS) is 36.8. The van der Waals surface area contributed by atoms with Gasteiger partial charge >= 0.3 is 0 Å². The average molecular weight is 445 g/mol. The van der Waals surface area contributed by atoms with Crippen LogP contribution >= 0.6 is 0 Å². The third kappa shape index (κ3) is 3.05. The molecule has 0 radical (unpaired) electrons. The summed E-state index contributed by atoms with van der Waals surface area (Å²) in [4.78, 5) is 12.2. The lowest BCUT2D eigenvalue weighted by atomic mass is 9.51. The SMILES string of the molecule is CC#C[C@@]1(O)CC[C@H]2[C@@H]3CCC4=CC(=O)CCC4=C3[C@@H](c3ccc4c(c3)OCCO4)C[C@@]21C. The molecule has 0 spiro atoms. The van der Waals surface area contributed by atoms with E-state index in [1.54, 1.807) is 0 Å². The molecule has 0 amide bonds. The topological polar surface area (TPSA) is 55.8 Å². The Hall–Kier alpha value is -2.51. The Kier molecular flexibility index (Phi) is 4.79. The second kappa shape index (κ2) is 7.50. The van der Waals surface area contributed by atoms with E-state index in [2.05, 4.69) is 30.9 Å². The van der Waals surface area contributed by atoms with Crippen molar-refractivity contribution in [3.63, 3.8) is 0 Å². The molecule has 4 heteroatoms. The highest BCUT2D eigenvalue weighted by atomic mass is 16.6. The van der Waals surface area contributed by atoms with Crippen molar-refractivity contribution < 1.29 is 19.4 Å². The summed E-state index contributed by atoms with van der Waals surface area (Å²) in [5.74, 6) is 9.17. The lowest BCUT2D eigenvalue weighted by Gasteiger charge is -2.53. The molecule has 33 heavy (non-hydrogen) atoms. The Bertz CT molecular complexity index is 1150. The fraction of sp³-hybridized carbons (Fsp3) is 0.552. The van der Waals surface area contributed by atoms with E-state index >= 15 is 0 Å². The molecular weight excluding hydrogens is 412 g/mol. The Morgan fingerprint density at radius 3 is 2.73 bits per heavy atom. The van der Waals surface area contributed by atoms with Gasteiger partial charge in [0.25, 0.3) is 0 Å². The molecule has 2 saturated carbocycles. The van der Waals surface area contributed by atoms with Gasteiger partial charge < -0.3 is 14.6 Å². The highest BCUT2D eigenvalue weighted by Crippen LogP contribution is 2.66. The van der Waals surface area contributed by atoms with Crippen LogP contribution in [0.3, 0.4) is 0 Å². The van der Waals surface area contributed by atoms with E-state index in [9.17, 15) is 9.90 Å². The van der Waals surface area contributed by atoms with Crippen LogP contribution in [0.2, 0.25) is 0 Å². The summed E-state index contributed by atoms with van der Waals surface area (Å²) in [7, 11) is 0. The van der Waals surface area contributed by atoms with Gasteiger partial charge in [0.15, 0.2) is 17.3 Å². The standard InChI is InChI=1S/C29H32O4/c1-3-11-29(31)12-10-24-22-7-4-18-15-20(30)6-8-21(18)27(22)23(17-28(24,29)2)19-5-9-25-26(16-19)33-14-13-32-25/h5,9,15-16,22-24,31H,4,6-8,10,12-14,17H2,1-2H3/t22-,23+,24-,28-,29+/m0/s1. The molecule has 1 aromatic carbocycles. The van der Waals surface area contributed by atoms with Crippen molar-refractivity contribution in [2.75, 3.05) is 13.2 Å². The number of hydrogen-bond acceptors (Lipinski definition) is 4. The minimum absolute atomic E-state index is 0.183. The third-order valence-electron chi connectivity index (χ3n) is 9.19. The third-order valence-corrected chi connectivity index (χ3v) is 9.19. The zero-order valence-electron chi connectivity index (χ0n) is 19.6. The van der Waals surface area contributed by atoms with E-state index in [0.29, 0.717) is 31.5 Å². The smallest absolute Gasteiger partial charge is 0.161 e. The highest BCUT2D eigenvalue weighted by Gasteiger charge is 2.62. The highest BCUT2D eigenvalue weighted by molar-refractivity contribution is 5.93. The fourth-order valence-corrected chi connectivity index (χ4v) is 7.65. The molecule has 1 N–H and O–H groups in total. The number of benzene rings is 1. The Labute approximate surface area is 196 Å². The van der Waals surface area contributed by atoms with E-state index in [4.69, 9.17) is 9.47 Å². The Balaban J connectivity index is 1.53. The molecule has 0 bridgehead atoms. The van der Waals surface area contributed by atoms with Crippen molar-refractivity contribution in [3.05, 3.63) is 46.6 Å². The van der Waals surface area contributed by atoms with Gasteiger partial charge in [0, 0.05) is 17.8 Å². The summed E-state index contributed by atoms with van der Waals surface area (Å²) in [6.07, 6.45) is 7.99. The van der Waals surface area contributed by atoms with E-state index in [0.717, 1.165) is 50.0 Å². The minimum atomic E-state index is -0.951. The van der Waals surface area contributed by atoms with Crippen LogP contribution in [0.1, 0.15) is 70.3 Å². The van der Waals surface area contributed by atoms with E-state index < -0.39 is 5.60 Å². The largest absolute Gasteiger partial charge is 0.486 e. The van der Waals surface area contributed by atoms with Crippen molar-refractivity contribution in [2.24, 2.45) is 17.3 Å². The molecule has 4 nitrogen and oxygen atoms in total. The number of carbonyl (C=O) groups is 1. The number of rotatable bonds is 1. The van der Waals surface area contributed by atoms with Crippen LogP contribution in [0, 0.1) is 29.1 Å². The van der Waals surface area contributed by atoms with Crippen molar-refractivity contribution in [2.45, 2.75) is 70.3 Å². The van der Waals surface area contributed by atoms with Gasteiger partial charge in [-0.25, -0.2) is 0 Å². The zero-order chi connectivity index (χ0) is 22.8. The predicted octanol–water partition coefficient (Wildman–Crippen LogP) is 5.11. The van der Waals surface area contributed by atoms with Gasteiger partial charge in [0.2, 0.25) is 0 Å². The molecule has 0 unspecified atom stereocenters. The van der Waals surface area contributed by atoms with Gasteiger partial charge in [-0.05, 0) is 92.2 Å². The molecule has 172 valence electrons. The maximum atomic E-state index is 12.2. The fourth-order valence-electron chi connectivity index (χ4n) is 7.65. The van der Waals surface area contributed by atoms with E-state index in [1.165, 1.54) is 22.3 Å². The number of fused-ring (bicyclic) bond motifs is 5. The summed E-state index contributed by atoms with van der Waals surface area (Å²) in [6.45, 7) is 5.26. The maximum absolute atomic E-state index is 12.2. The summed E-state index contributed by atoms with van der Waals surface area (Å²) in [5, 5.41) is 11.8. The number of allylic oxidation sites excluding steroid dienone is 4. The van der Waals surface area contributed by atoms with Gasteiger partial charge in [-0.3, -0.25) is 4.79 Å². The van der Waals surface area contributed by atoms with Crippen LogP contribution in [0.25, 0.3) is 0 Å². The van der Waals surface area contributed by atoms with E-state index in [-0.39, 0.29) is 17.1 Å². The van der Waals surface area contributed by atoms with E-state index in [1.807, 2.05) is 19.1 Å². The molecule has 1 aromatic rings. The second-order valence-electron chi connectivity index (χ2n) is 10.7. The molecule has 1 heterocycles. The number of ketones is 1. The van der Waals surface area contributed by atoms with Gasteiger partial charge in [-0.2, -0.15) is 0 Å². The quantitative estimate of drug-likeness (QED) is 0.612. The second-order valence-corrected chi connectivity index (χ2v) is 10.7. The first-order valence-corrected chi connectivity index (χ1v) is 12.5. The van der Waals surface area contributed by atoms with Gasteiger partial charge in [0.05, 0.1) is 0 Å². The number of ether oxygens (including phenoxy) is 2. The zero-order valence-corrected chi connectivity index (χ0v) is 19.6. The van der Waals surface area contributed by atoms with Crippen LogP contribution in [-0.2, 0) is 4.79 Å². The van der Waals surface area contributed by atoms with Crippen molar-refractivity contribution >= 4 is 5.78 Å². The molecular formula is C29H32O4. The Morgan fingerprint density at radius 1 is 1.09 bits per heavy atom. The maximum Gasteiger partial charge on any atom is 0.161 e. The molecule has 4 aliphatic carbocycles. The van der Waals surface area contributed by atoms with Crippen molar-refractivity contribution in [1.82, 2.24) is 0 Å². The molecule has 2 fully saturated rings. The molecule has 1 aliphatic heterocycles. The Morgan fingerprint density at radius 2 is 1.91 bits per heavy atom. The lowest BCUT2D eigenvalue weighted by molar-refractivity contribution is -0.114. The monoisotopic (exact) mass is 444 g/mol. The van der Waals surface area contributed by atoms with Gasteiger partial charge in [-0.15, -0.1) is 5.92 Å². The molecule has 6 rings (SSSR count). The summed E-state index contributed by atoms with van der Waals surface area (Å²) >= 11 is 0. The van der Waals surface area contributed by atoms with Crippen molar-refractivity contribution in [1.29, 1.82) is 0 Å². The first-order chi connectivity index (χ1) is 15.9. The van der Waals surface area contributed by atoms with Crippen LogP contribution in [0.4, 0.5) is 0 Å². The first kappa shape index (κ1) is 21.1. The van der Waals surface area contributed by atoms with Gasteiger partial charge in [0.1, 0.15) is 18.8 Å². The predicted molar refractivity (Wildman–Crippen MR) is 126 cm³/mol.